The van der Waals surface area contributed by atoms with Gasteiger partial charge in [0.1, 0.15) is 45.8 Å². The Morgan fingerprint density at radius 3 is 1.18 bits per heavy atom. The van der Waals surface area contributed by atoms with Crippen LogP contribution in [0.4, 0.5) is 80.0 Å². The smallest absolute Gasteiger partial charge is 0.257 e. The molecule has 17 rings (SSSR count). The molecule has 0 bridgehead atoms. The Labute approximate surface area is 801 Å². The van der Waals surface area contributed by atoms with Gasteiger partial charge in [-0.05, 0) is 239 Å². The van der Waals surface area contributed by atoms with Gasteiger partial charge in [-0.25, -0.2) is 44.5 Å². The van der Waals surface area contributed by atoms with Crippen molar-refractivity contribution in [2.24, 2.45) is 0 Å². The van der Waals surface area contributed by atoms with Crippen LogP contribution in [0, 0.1) is 69.2 Å². The molecule has 734 valence electrons. The van der Waals surface area contributed by atoms with E-state index >= 15 is 0 Å². The highest BCUT2D eigenvalue weighted by molar-refractivity contribution is 7.98. The molecule has 1 aliphatic heterocycles. The molecule has 1 saturated heterocycles. The fourth-order valence-corrected chi connectivity index (χ4v) is 15.6. The van der Waals surface area contributed by atoms with Gasteiger partial charge in [-0.15, -0.1) is 42.4 Å². The van der Waals surface area contributed by atoms with Crippen LogP contribution >= 0.6 is 11.8 Å². The summed E-state index contributed by atoms with van der Waals surface area (Å²) in [6, 6.07) is 32.0. The second kappa shape index (κ2) is 45.5. The molecule has 0 amide bonds. The largest absolute Gasteiger partial charge is 0.475 e. The fourth-order valence-electron chi connectivity index (χ4n) is 14.4. The lowest BCUT2D eigenvalue weighted by Gasteiger charge is -2.32. The van der Waals surface area contributed by atoms with Gasteiger partial charge in [-0.2, -0.15) is 10.2 Å². The number of sulfone groups is 1. The molecule has 0 saturated carbocycles. The topological polar surface area (TPSA) is 475 Å². The Hall–Kier alpha value is -13.7. The van der Waals surface area contributed by atoms with E-state index in [9.17, 15) is 8.42 Å². The number of piperazine rings is 1. The Balaban J connectivity index is 0.000000161. The van der Waals surface area contributed by atoms with Crippen LogP contribution in [-0.2, 0) is 9.84 Å². The summed E-state index contributed by atoms with van der Waals surface area (Å²) in [6.07, 6.45) is 10.1. The molecule has 0 aromatic carbocycles. The van der Waals surface area contributed by atoms with Crippen LogP contribution in [0.2, 0.25) is 0 Å². The zero-order valence-electron chi connectivity index (χ0n) is 83.7. The number of aliphatic hydroxyl groups is 1. The first-order chi connectivity index (χ1) is 64.3. The molecule has 0 spiro atoms. The van der Waals surface area contributed by atoms with Crippen LogP contribution in [0.1, 0.15) is 83.5 Å². The van der Waals surface area contributed by atoms with Crippen molar-refractivity contribution >= 4 is 146 Å². The number of anilines is 14. The normalized spacial score (nSPS) is 12.1. The number of aliphatic hydroxyl groups excluding tert-OH is 1. The van der Waals surface area contributed by atoms with Crippen molar-refractivity contribution in [2.75, 3.05) is 238 Å². The van der Waals surface area contributed by atoms with E-state index in [2.05, 4.69) is 135 Å². The van der Waals surface area contributed by atoms with E-state index in [-0.39, 0.29) is 30.0 Å². The lowest BCUT2D eigenvalue weighted by molar-refractivity contribution is 0.197. The van der Waals surface area contributed by atoms with Crippen molar-refractivity contribution in [1.29, 1.82) is 0 Å². The average molecular weight is 1910 g/mol. The number of likely N-dealkylation sites (N-methyl/N-ethyl adjacent to an activating group) is 2. The summed E-state index contributed by atoms with van der Waals surface area (Å²) in [5, 5.41) is 51.2. The van der Waals surface area contributed by atoms with Crippen LogP contribution in [0.15, 0.2) is 126 Å². The Bertz CT molecular complexity index is 6900. The molecule has 39 nitrogen and oxygen atoms in total. The zero-order chi connectivity index (χ0) is 99.9. The van der Waals surface area contributed by atoms with E-state index in [0.29, 0.717) is 58.2 Å². The van der Waals surface area contributed by atoms with Crippen LogP contribution in [0.25, 0.3) is 44.1 Å². The molecule has 0 radical (unpaired) electrons. The predicted molar refractivity (Wildman–Crippen MR) is 560 cm³/mol. The Morgan fingerprint density at radius 2 is 0.794 bits per heavy atom. The molecule has 19 N–H and O–H groups in total. The fraction of sp³-hybridized carbons (Fsp3) is 0.411. The SMILES string of the molecule is CCOc1nn2c(C)c(C)ccc2c1N.CN(C)CCCNc1nn2ccc(N(C)C)cc2c1N.CN(C)CCNc1nn2ccc(N(C)C)cc2c1N.CN1CCN(c2nn3ccc(N(C)C)cc3c2N)CC1.CSc1nn2c(C)c(C)ccc2c1N.Cc1ccc2c(N)c(OC(C)C)nn2c1C.Cc1ccc2c(N)c(OCCO)nn2c1C.Cc1ccc2c(N)c(S(C)(=O)=O)nn2c1C. The number of nitrogens with one attached hydrogen (secondary N) is 2. The molecule has 41 heteroatoms. The molecule has 17 heterocycles. The van der Waals surface area contributed by atoms with E-state index in [1.165, 1.54) is 16.7 Å². The molecule has 0 unspecified atom stereocenters. The van der Waals surface area contributed by atoms with Gasteiger partial charge in [0.15, 0.2) is 27.3 Å². The van der Waals surface area contributed by atoms with Crippen LogP contribution < -0.4 is 90.3 Å². The van der Waals surface area contributed by atoms with Crippen LogP contribution in [0.5, 0.6) is 17.6 Å². The van der Waals surface area contributed by atoms with Gasteiger partial charge in [0.25, 0.3) is 17.6 Å². The number of ether oxygens (including phenoxy) is 3. The molecule has 1 aliphatic rings. The quantitative estimate of drug-likeness (QED) is 0.0222. The first-order valence-electron chi connectivity index (χ1n) is 44.9. The molecule has 16 aromatic heterocycles. The van der Waals surface area contributed by atoms with Gasteiger partial charge < -0.3 is 110 Å². The van der Waals surface area contributed by atoms with Gasteiger partial charge in [-0.3, -0.25) is 0 Å². The van der Waals surface area contributed by atoms with Crippen LogP contribution in [0.3, 0.4) is 0 Å². The van der Waals surface area contributed by atoms with Gasteiger partial charge >= 0.3 is 0 Å². The number of fused-ring (bicyclic) bond motifs is 8. The first-order valence-corrected chi connectivity index (χ1v) is 48.0. The summed E-state index contributed by atoms with van der Waals surface area (Å²) >= 11 is 1.58. The molecular formula is C95H141N33O6S2. The third kappa shape index (κ3) is 24.5. The minimum absolute atomic E-state index is 0.0503. The van der Waals surface area contributed by atoms with E-state index in [0.717, 1.165) is 194 Å². The molecular weight excluding hydrogens is 1760 g/mol. The monoisotopic (exact) mass is 1900 g/mol. The van der Waals surface area contributed by atoms with Gasteiger partial charge in [0, 0.05) is 158 Å². The summed E-state index contributed by atoms with van der Waals surface area (Å²) in [7, 11) is 19.1. The molecule has 0 aliphatic carbocycles. The third-order valence-electron chi connectivity index (χ3n) is 23.3. The number of pyridine rings is 8. The number of thioether (sulfide) groups is 1. The maximum absolute atomic E-state index is 11.5. The minimum atomic E-state index is -3.38. The number of aromatic nitrogens is 16. The van der Waals surface area contributed by atoms with Crippen molar-refractivity contribution in [1.82, 2.24) is 91.6 Å². The average Bonchev–Trinajstić information content (AvgIpc) is 1.62. The lowest BCUT2D eigenvalue weighted by Crippen LogP contribution is -2.44. The summed E-state index contributed by atoms with van der Waals surface area (Å²) in [5.41, 5.74) is 74.6. The van der Waals surface area contributed by atoms with E-state index in [1.54, 1.807) is 31.4 Å². The third-order valence-corrected chi connectivity index (χ3v) is 24.9. The first kappa shape index (κ1) is 104. The summed E-state index contributed by atoms with van der Waals surface area (Å²) in [4.78, 5) is 15.1. The van der Waals surface area contributed by atoms with Gasteiger partial charge in [-0.1, -0.05) is 30.3 Å². The standard InChI is InChI=1S/C14H22N6.C14H24N6.C13H22N6.C12H17N3O.C11H15N3O2.C11H15N3O.C10H13N3O2S.C10H13N3S/c1-17(2)11-4-5-20-12(10-11)13(15)14(16-20)19-8-6-18(3)7-9-19;1-18(2)8-5-7-16-14-13(15)12-10-11(19(3)4)6-9-20(12)17-14;1-17(2)8-6-15-13-12(14)11-9-10(18(3)4)5-7-19(11)16-13;1-7(2)16-12-11(13)10-6-5-8(3)9(4)15(10)14-12;1-7-3-4-9-10(12)11(16-6-5-15)13-14(9)8(7)2;1-4-15-11-10(12)9-6-5-7(2)8(3)14(9)13-11;1-6-4-5-8-9(11)10(16(3,14)15)12-13(8)7(6)2;1-6-4-5-8-9(11)10(14-3)12-13(8)7(6)2/h4-5,10H,6-9,15H2,1-3H3;6,9-10H,5,7-8,15H2,1-4H3,(H,16,17);5,7,9H,6,8,14H2,1-4H3,(H,15,16);5-7H,13H2,1-4H3;3-4,15H,5-6,12H2,1-2H3;5-6H,4,12H2,1-3H3;4-5H,11H2,1-3H3;4-5H,11H2,1-3H3. The zero-order valence-corrected chi connectivity index (χ0v) is 85.4. The van der Waals surface area contributed by atoms with Crippen LogP contribution in [-0.4, -0.2) is 273 Å². The number of hydrogen-bond acceptors (Lipinski definition) is 32. The second-order valence-corrected chi connectivity index (χ2v) is 37.7. The van der Waals surface area contributed by atoms with Crippen molar-refractivity contribution < 1.29 is 27.7 Å². The van der Waals surface area contributed by atoms with E-state index < -0.39 is 9.84 Å². The number of nitrogens with zero attached hydrogens (tertiary/aromatic N) is 23. The van der Waals surface area contributed by atoms with Crippen molar-refractivity contribution in [3.63, 3.8) is 0 Å². The molecule has 16 aromatic rings. The summed E-state index contributed by atoms with van der Waals surface area (Å²) in [6.45, 7) is 34.4. The summed E-state index contributed by atoms with van der Waals surface area (Å²) in [5.74, 6) is 3.84. The van der Waals surface area contributed by atoms with Crippen molar-refractivity contribution in [2.45, 2.75) is 113 Å². The summed E-state index contributed by atoms with van der Waals surface area (Å²) < 4.78 is 53.5. The van der Waals surface area contributed by atoms with Crippen molar-refractivity contribution in [3.05, 3.63) is 172 Å². The van der Waals surface area contributed by atoms with Crippen molar-refractivity contribution in [3.8, 4) is 17.6 Å². The van der Waals surface area contributed by atoms with E-state index in [1.807, 2.05) is 257 Å². The molecule has 0 atom stereocenters. The molecule has 1 fully saturated rings. The lowest BCUT2D eigenvalue weighted by atomic mass is 10.2. The maximum atomic E-state index is 11.5. The number of hydrogen-bond donors (Lipinski definition) is 11. The number of aryl methyl sites for hydroxylation is 10. The Morgan fingerprint density at radius 1 is 0.434 bits per heavy atom. The number of nitrogen functional groups attached to an aromatic ring is 8. The number of nitrogens with two attached hydrogens (primary N) is 8. The highest BCUT2D eigenvalue weighted by Gasteiger charge is 2.25. The second-order valence-electron chi connectivity index (χ2n) is 34.9. The van der Waals surface area contributed by atoms with Gasteiger partial charge in [0.2, 0.25) is 5.03 Å². The highest BCUT2D eigenvalue weighted by atomic mass is 32.2. The minimum Gasteiger partial charge on any atom is -0.475 e. The van der Waals surface area contributed by atoms with E-state index in [4.69, 9.17) is 65.2 Å². The van der Waals surface area contributed by atoms with Gasteiger partial charge in [0.05, 0.1) is 74.8 Å². The Kier molecular flexibility index (Phi) is 34.9. The number of rotatable bonds is 22. The molecule has 136 heavy (non-hydrogen) atoms. The predicted octanol–water partition coefficient (Wildman–Crippen LogP) is 11.4. The highest BCUT2D eigenvalue weighted by Crippen LogP contribution is 2.35. The maximum Gasteiger partial charge on any atom is 0.257 e.